The molecule has 0 saturated heterocycles. The van der Waals surface area contributed by atoms with Gasteiger partial charge in [-0.25, -0.2) is 4.79 Å². The lowest BCUT2D eigenvalue weighted by Crippen LogP contribution is -2.48. The first-order valence-electron chi connectivity index (χ1n) is 7.46. The predicted molar refractivity (Wildman–Crippen MR) is 124 cm³/mol. The smallest absolute Gasteiger partial charge is 0.337 e. The Labute approximate surface area is 200 Å². The fourth-order valence-electron chi connectivity index (χ4n) is 2.07. The topological polar surface area (TPSA) is 154 Å². The van der Waals surface area contributed by atoms with Crippen molar-refractivity contribution in [3.8, 4) is 0 Å². The maximum atomic E-state index is 12.8. The lowest BCUT2D eigenvalue weighted by Gasteiger charge is -2.20. The summed E-state index contributed by atoms with van der Waals surface area (Å²) < 4.78 is 5.41. The predicted octanol–water partition coefficient (Wildman–Crippen LogP) is 0.620. The second kappa shape index (κ2) is 11.4. The molecule has 1 rings (SSSR count). The van der Waals surface area contributed by atoms with Gasteiger partial charge in [0.2, 0.25) is 11.8 Å². The van der Waals surface area contributed by atoms with Crippen LogP contribution in [0, 0.1) is 10.7 Å². The molecule has 28 heavy (non-hydrogen) atoms. The molecule has 0 fully saturated rings. The quantitative estimate of drug-likeness (QED) is 0.246. The van der Waals surface area contributed by atoms with Gasteiger partial charge in [-0.15, -0.1) is 0 Å². The third kappa shape index (κ3) is 5.86. The third-order valence-electron chi connectivity index (χ3n) is 3.35. The van der Waals surface area contributed by atoms with Gasteiger partial charge in [0.15, 0.2) is 0 Å². The molecule has 0 aromatic heterocycles. The summed E-state index contributed by atoms with van der Waals surface area (Å²) >= 11 is 5.31. The summed E-state index contributed by atoms with van der Waals surface area (Å²) in [6.45, 7) is -0.905. The van der Waals surface area contributed by atoms with E-state index in [1.165, 1.54) is 14.2 Å². The van der Waals surface area contributed by atoms with Gasteiger partial charge in [-0.3, -0.25) is 14.4 Å². The molecule has 13 heteroatoms. The number of benzene rings is 1. The molecule has 1 atom stereocenters. The number of anilines is 1. The summed E-state index contributed by atoms with van der Waals surface area (Å²) in [6.07, 6.45) is 0. The number of ether oxygens (including phenoxy) is 1. The number of halogens is 3. The van der Waals surface area contributed by atoms with Crippen molar-refractivity contribution in [2.45, 2.75) is 6.04 Å². The van der Waals surface area contributed by atoms with E-state index in [1.54, 1.807) is 45.2 Å². The average molecular weight is 731 g/mol. The Morgan fingerprint density at radius 3 is 2.11 bits per heavy atom. The standard InChI is InChI=1S/C15H16I3N3O7/c1-19-13(24)5(3-22)20-14(25)7-9(16)8(15(26)27)11(18)12(10(7)17)21-6(23)4-28-2/h5,22H,3-4H2,1-2H3,(H,19,24)(H,20,25)(H,21,23)(H,26,27)/t5-/m1/s1. The number of aliphatic hydroxyl groups is 1. The molecular weight excluding hydrogens is 715 g/mol. The Morgan fingerprint density at radius 2 is 1.64 bits per heavy atom. The second-order valence-electron chi connectivity index (χ2n) is 5.18. The van der Waals surface area contributed by atoms with E-state index in [9.17, 15) is 29.4 Å². The molecule has 0 aliphatic heterocycles. The van der Waals surface area contributed by atoms with Gasteiger partial charge in [0.05, 0.1) is 30.6 Å². The molecule has 0 aliphatic rings. The van der Waals surface area contributed by atoms with Crippen molar-refractivity contribution in [1.82, 2.24) is 10.6 Å². The fourth-order valence-corrected chi connectivity index (χ4v) is 6.45. The maximum Gasteiger partial charge on any atom is 0.337 e. The van der Waals surface area contributed by atoms with Gasteiger partial charge < -0.3 is 30.9 Å². The van der Waals surface area contributed by atoms with Crippen molar-refractivity contribution in [3.63, 3.8) is 0 Å². The van der Waals surface area contributed by atoms with E-state index in [1.807, 2.05) is 22.6 Å². The molecule has 0 heterocycles. The number of aliphatic hydroxyl groups excluding tert-OH is 1. The zero-order valence-electron chi connectivity index (χ0n) is 14.6. The number of methoxy groups -OCH3 is 1. The first-order chi connectivity index (χ1) is 13.1. The number of aromatic carboxylic acids is 1. The molecule has 0 bridgehead atoms. The van der Waals surface area contributed by atoms with Gasteiger partial charge in [0.1, 0.15) is 12.6 Å². The summed E-state index contributed by atoms with van der Waals surface area (Å²) in [4.78, 5) is 48.2. The van der Waals surface area contributed by atoms with Crippen LogP contribution in [-0.2, 0) is 14.3 Å². The molecule has 3 amide bonds. The van der Waals surface area contributed by atoms with E-state index in [2.05, 4.69) is 16.0 Å². The molecule has 1 aromatic carbocycles. The largest absolute Gasteiger partial charge is 0.478 e. The number of likely N-dealkylation sites (N-methyl/N-ethyl adjacent to an activating group) is 1. The van der Waals surface area contributed by atoms with Gasteiger partial charge >= 0.3 is 5.97 Å². The molecule has 0 aliphatic carbocycles. The van der Waals surface area contributed by atoms with Crippen LogP contribution in [0.2, 0.25) is 0 Å². The zero-order valence-corrected chi connectivity index (χ0v) is 21.0. The van der Waals surface area contributed by atoms with Crippen LogP contribution in [-0.4, -0.2) is 67.3 Å². The first kappa shape index (κ1) is 25.2. The van der Waals surface area contributed by atoms with Crippen LogP contribution in [0.5, 0.6) is 0 Å². The van der Waals surface area contributed by atoms with E-state index in [4.69, 9.17) is 4.74 Å². The highest BCUT2D eigenvalue weighted by atomic mass is 127. The number of hydrogen-bond acceptors (Lipinski definition) is 6. The SMILES string of the molecule is CNC(=O)[C@@H](CO)NC(=O)c1c(I)c(NC(=O)COC)c(I)c(C(=O)O)c1I. The normalized spacial score (nSPS) is 11.5. The summed E-state index contributed by atoms with van der Waals surface area (Å²) in [5.74, 6) is -3.19. The number of carbonyl (C=O) groups is 4. The minimum atomic E-state index is -1.29. The molecule has 0 spiro atoms. The number of rotatable bonds is 8. The first-order valence-corrected chi connectivity index (χ1v) is 10.7. The lowest BCUT2D eigenvalue weighted by atomic mass is 10.1. The van der Waals surface area contributed by atoms with Gasteiger partial charge in [-0.2, -0.15) is 0 Å². The van der Waals surface area contributed by atoms with Crippen molar-refractivity contribution in [1.29, 1.82) is 0 Å². The zero-order chi connectivity index (χ0) is 21.6. The lowest BCUT2D eigenvalue weighted by molar-refractivity contribution is -0.123. The van der Waals surface area contributed by atoms with E-state index in [0.29, 0.717) is 0 Å². The molecule has 0 radical (unpaired) electrons. The summed E-state index contributed by atoms with van der Waals surface area (Å²) in [5.41, 5.74) is -0.0548. The Bertz CT molecular complexity index is 817. The maximum absolute atomic E-state index is 12.8. The van der Waals surface area contributed by atoms with Gasteiger partial charge in [-0.1, -0.05) is 0 Å². The van der Waals surface area contributed by atoms with Crippen molar-refractivity contribution in [2.75, 3.05) is 32.7 Å². The van der Waals surface area contributed by atoms with Crippen LogP contribution < -0.4 is 16.0 Å². The Morgan fingerprint density at radius 1 is 1.07 bits per heavy atom. The monoisotopic (exact) mass is 731 g/mol. The highest BCUT2D eigenvalue weighted by molar-refractivity contribution is 14.1. The van der Waals surface area contributed by atoms with Crippen LogP contribution in [0.15, 0.2) is 0 Å². The van der Waals surface area contributed by atoms with Crippen LogP contribution in [0.1, 0.15) is 20.7 Å². The van der Waals surface area contributed by atoms with Crippen molar-refractivity contribution < 1.29 is 34.1 Å². The third-order valence-corrected chi connectivity index (χ3v) is 6.58. The number of amides is 3. The Hall–Kier alpha value is -0.790. The molecule has 0 saturated carbocycles. The highest BCUT2D eigenvalue weighted by Crippen LogP contribution is 2.35. The molecule has 5 N–H and O–H groups in total. The number of nitrogens with one attached hydrogen (secondary N) is 3. The second-order valence-corrected chi connectivity index (χ2v) is 8.41. The fraction of sp³-hybridized carbons (Fsp3) is 0.333. The Kier molecular flexibility index (Phi) is 10.3. The molecule has 1 aromatic rings. The summed E-state index contributed by atoms with van der Waals surface area (Å²) in [6, 6.07) is -1.22. The van der Waals surface area contributed by atoms with E-state index >= 15 is 0 Å². The summed E-state index contributed by atoms with van der Waals surface area (Å²) in [5, 5.41) is 26.1. The number of carbonyl (C=O) groups excluding carboxylic acids is 3. The number of carboxylic acids is 1. The van der Waals surface area contributed by atoms with E-state index < -0.39 is 36.3 Å². The Balaban J connectivity index is 3.54. The minimum Gasteiger partial charge on any atom is -0.478 e. The van der Waals surface area contributed by atoms with E-state index in [-0.39, 0.29) is 34.1 Å². The number of hydrogen-bond donors (Lipinski definition) is 5. The number of carboxylic acid groups (broad SMARTS) is 1. The van der Waals surface area contributed by atoms with Gasteiger partial charge in [0, 0.05) is 17.7 Å². The van der Waals surface area contributed by atoms with Crippen LogP contribution >= 0.6 is 67.8 Å². The summed E-state index contributed by atoms with van der Waals surface area (Å²) in [7, 11) is 2.68. The molecule has 10 nitrogen and oxygen atoms in total. The van der Waals surface area contributed by atoms with Crippen LogP contribution in [0.3, 0.4) is 0 Å². The van der Waals surface area contributed by atoms with Crippen LogP contribution in [0.25, 0.3) is 0 Å². The van der Waals surface area contributed by atoms with Gasteiger partial charge in [-0.05, 0) is 67.8 Å². The van der Waals surface area contributed by atoms with Crippen molar-refractivity contribution in [3.05, 3.63) is 21.8 Å². The molecular formula is C15H16I3N3O7. The molecule has 154 valence electrons. The highest BCUT2D eigenvalue weighted by Gasteiger charge is 2.30. The van der Waals surface area contributed by atoms with Crippen molar-refractivity contribution >= 4 is 97.2 Å². The van der Waals surface area contributed by atoms with Crippen molar-refractivity contribution in [2.24, 2.45) is 0 Å². The molecule has 0 unspecified atom stereocenters. The minimum absolute atomic E-state index is 0.0333. The van der Waals surface area contributed by atoms with E-state index in [0.717, 1.165) is 0 Å². The van der Waals surface area contributed by atoms with Gasteiger partial charge in [0.25, 0.3) is 5.91 Å². The van der Waals surface area contributed by atoms with Crippen LogP contribution in [0.4, 0.5) is 5.69 Å². The average Bonchev–Trinajstić information content (AvgIpc) is 2.62.